The summed E-state index contributed by atoms with van der Waals surface area (Å²) < 4.78 is 13.1. The molecule has 2 aromatic heterocycles. The highest BCUT2D eigenvalue weighted by Crippen LogP contribution is 2.28. The zero-order chi connectivity index (χ0) is 25.3. The molecule has 1 amide bonds. The number of carbonyl (C=O) groups excluding carboxylic acids is 1. The van der Waals surface area contributed by atoms with Crippen LogP contribution in [0, 0.1) is 13.8 Å². The Hall–Kier alpha value is -3.40. The van der Waals surface area contributed by atoms with E-state index in [2.05, 4.69) is 58.4 Å². The van der Waals surface area contributed by atoms with Crippen molar-refractivity contribution in [2.24, 2.45) is 7.05 Å². The lowest BCUT2D eigenvalue weighted by atomic mass is 10.0. The first-order valence-corrected chi connectivity index (χ1v) is 11.9. The van der Waals surface area contributed by atoms with Crippen molar-refractivity contribution in [2.75, 3.05) is 25.0 Å². The number of rotatable bonds is 5. The van der Waals surface area contributed by atoms with E-state index >= 15 is 0 Å². The number of aryl methyl sites for hydroxylation is 2. The third-order valence-corrected chi connectivity index (χ3v) is 6.10. The summed E-state index contributed by atoms with van der Waals surface area (Å²) in [7, 11) is 1.83. The van der Waals surface area contributed by atoms with Crippen molar-refractivity contribution in [3.8, 4) is 11.6 Å². The number of piperazine rings is 1. The van der Waals surface area contributed by atoms with Gasteiger partial charge in [-0.3, -0.25) is 9.58 Å². The monoisotopic (exact) mass is 481 g/mol. The van der Waals surface area contributed by atoms with Gasteiger partial charge in [-0.25, -0.2) is 4.79 Å². The maximum atomic E-state index is 12.6. The number of aromatic nitrogens is 4. The predicted molar refractivity (Wildman–Crippen MR) is 133 cm³/mol. The van der Waals surface area contributed by atoms with Crippen molar-refractivity contribution < 1.29 is 13.9 Å². The van der Waals surface area contributed by atoms with Gasteiger partial charge in [0.15, 0.2) is 0 Å². The van der Waals surface area contributed by atoms with Crippen molar-refractivity contribution in [1.82, 2.24) is 29.8 Å². The summed E-state index contributed by atoms with van der Waals surface area (Å²) in [6.45, 7) is 14.9. The molecule has 1 aliphatic heterocycles. The molecule has 0 bridgehead atoms. The number of nitrogens with zero attached hydrogens (tertiary/aromatic N) is 6. The van der Waals surface area contributed by atoms with Gasteiger partial charge < -0.3 is 19.4 Å². The Kier molecular flexibility index (Phi) is 6.84. The van der Waals surface area contributed by atoms with E-state index in [0.717, 1.165) is 42.1 Å². The highest BCUT2D eigenvalue weighted by Gasteiger charge is 2.31. The van der Waals surface area contributed by atoms with Gasteiger partial charge in [-0.1, -0.05) is 11.2 Å². The maximum Gasteiger partial charge on any atom is 0.410 e. The molecule has 1 fully saturated rings. The second kappa shape index (κ2) is 9.69. The molecule has 0 spiro atoms. The Bertz CT molecular complexity index is 1190. The highest BCUT2D eigenvalue weighted by atomic mass is 16.6. The van der Waals surface area contributed by atoms with Gasteiger partial charge in [0, 0.05) is 51.2 Å². The number of benzene rings is 1. The number of anilines is 2. The largest absolute Gasteiger partial charge is 0.444 e. The molecule has 3 heterocycles. The number of ether oxygens (including phenoxy) is 1. The van der Waals surface area contributed by atoms with E-state index in [-0.39, 0.29) is 12.1 Å². The molecule has 1 aliphatic rings. The highest BCUT2D eigenvalue weighted by molar-refractivity contribution is 5.68. The zero-order valence-corrected chi connectivity index (χ0v) is 21.6. The summed E-state index contributed by atoms with van der Waals surface area (Å²) in [5.74, 6) is 0.412. The maximum absolute atomic E-state index is 12.6. The van der Waals surface area contributed by atoms with Crippen LogP contribution in [0.25, 0.3) is 11.6 Å². The smallest absolute Gasteiger partial charge is 0.410 e. The van der Waals surface area contributed by atoms with Crippen LogP contribution in [-0.4, -0.2) is 67.1 Å². The lowest BCUT2D eigenvalue weighted by Gasteiger charge is -2.40. The Morgan fingerprint density at radius 3 is 2.66 bits per heavy atom. The number of nitrogens with one attached hydrogen (secondary N) is 1. The van der Waals surface area contributed by atoms with E-state index < -0.39 is 5.60 Å². The molecule has 0 unspecified atom stereocenters. The third-order valence-electron chi connectivity index (χ3n) is 6.10. The van der Waals surface area contributed by atoms with Crippen molar-refractivity contribution >= 4 is 17.8 Å². The van der Waals surface area contributed by atoms with E-state index in [4.69, 9.17) is 9.15 Å². The zero-order valence-electron chi connectivity index (χ0n) is 21.6. The fraction of sp³-hybridized carbons (Fsp3) is 0.520. The summed E-state index contributed by atoms with van der Waals surface area (Å²) in [5.41, 5.74) is 4.68. The van der Waals surface area contributed by atoms with Gasteiger partial charge in [-0.05, 0) is 70.4 Å². The second-order valence-corrected chi connectivity index (χ2v) is 10.2. The molecule has 3 aromatic rings. The van der Waals surface area contributed by atoms with Gasteiger partial charge in [0.1, 0.15) is 11.3 Å². The first kappa shape index (κ1) is 24.7. The normalized spacial score (nSPS) is 17.0. The number of carbonyl (C=O) groups is 1. The van der Waals surface area contributed by atoms with Gasteiger partial charge in [-0.2, -0.15) is 5.10 Å². The van der Waals surface area contributed by atoms with Crippen LogP contribution in [0.15, 0.2) is 28.8 Å². The first-order chi connectivity index (χ1) is 16.5. The fourth-order valence-electron chi connectivity index (χ4n) is 4.31. The molecule has 0 aliphatic carbocycles. The minimum atomic E-state index is -0.493. The number of amides is 1. The van der Waals surface area contributed by atoms with Crippen LogP contribution < -0.4 is 5.32 Å². The van der Waals surface area contributed by atoms with Crippen molar-refractivity contribution in [1.29, 1.82) is 0 Å². The quantitative estimate of drug-likeness (QED) is 0.576. The molecule has 10 heteroatoms. The predicted octanol–water partition coefficient (Wildman–Crippen LogP) is 4.27. The van der Waals surface area contributed by atoms with Crippen LogP contribution in [0.3, 0.4) is 0 Å². The van der Waals surface area contributed by atoms with Crippen LogP contribution in [-0.2, 0) is 18.3 Å². The molecule has 0 saturated carbocycles. The molecule has 1 atom stereocenters. The SMILES string of the molecule is Cc1cc(CN2CCN(C(=O)OC(C)(C)C)[C@@H](C)C2)c(C)c(Nc2nnc(-c3ccnn3C)o2)c1. The molecule has 188 valence electrons. The average molecular weight is 482 g/mol. The Balaban J connectivity index is 1.44. The molecular formula is C25H35N7O3. The Labute approximate surface area is 206 Å². The van der Waals surface area contributed by atoms with Gasteiger partial charge in [-0.15, -0.1) is 5.10 Å². The minimum Gasteiger partial charge on any atom is -0.444 e. The number of hydrogen-bond acceptors (Lipinski definition) is 8. The van der Waals surface area contributed by atoms with Crippen LogP contribution in [0.5, 0.6) is 0 Å². The van der Waals surface area contributed by atoms with E-state index in [1.165, 1.54) is 5.56 Å². The summed E-state index contributed by atoms with van der Waals surface area (Å²) in [5, 5.41) is 15.7. The molecule has 1 aromatic carbocycles. The van der Waals surface area contributed by atoms with Gasteiger partial charge in [0.05, 0.1) is 0 Å². The lowest BCUT2D eigenvalue weighted by molar-refractivity contribution is 0.000539. The van der Waals surface area contributed by atoms with Crippen molar-refractivity contribution in [3.05, 3.63) is 41.1 Å². The van der Waals surface area contributed by atoms with E-state index in [9.17, 15) is 4.79 Å². The van der Waals surface area contributed by atoms with Crippen LogP contribution in [0.1, 0.15) is 44.4 Å². The Morgan fingerprint density at radius 1 is 1.23 bits per heavy atom. The summed E-state index contributed by atoms with van der Waals surface area (Å²) in [4.78, 5) is 16.8. The fourth-order valence-corrected chi connectivity index (χ4v) is 4.31. The third kappa shape index (κ3) is 5.82. The van der Waals surface area contributed by atoms with Crippen LogP contribution >= 0.6 is 0 Å². The summed E-state index contributed by atoms with van der Waals surface area (Å²) in [6.07, 6.45) is 1.45. The molecule has 10 nitrogen and oxygen atoms in total. The molecule has 4 rings (SSSR count). The molecule has 1 N–H and O–H groups in total. The van der Waals surface area contributed by atoms with Gasteiger partial charge >= 0.3 is 12.1 Å². The van der Waals surface area contributed by atoms with Crippen LogP contribution in [0.2, 0.25) is 0 Å². The molecular weight excluding hydrogens is 446 g/mol. The molecule has 0 radical (unpaired) electrons. The Morgan fingerprint density at radius 2 is 2.00 bits per heavy atom. The molecule has 1 saturated heterocycles. The summed E-state index contributed by atoms with van der Waals surface area (Å²) >= 11 is 0. The van der Waals surface area contributed by atoms with E-state index in [0.29, 0.717) is 18.5 Å². The average Bonchev–Trinajstić information content (AvgIpc) is 3.38. The van der Waals surface area contributed by atoms with Crippen molar-refractivity contribution in [3.63, 3.8) is 0 Å². The standard InChI is InChI=1S/C25H35N7O3/c1-16-12-19(15-31-10-11-32(17(2)14-31)24(33)35-25(4,5)6)18(3)20(13-16)27-23-29-28-22(34-23)21-8-9-26-30(21)7/h8-9,12-13,17H,10-11,14-15H2,1-7H3,(H,27,29)/t17-/m0/s1. The van der Waals surface area contributed by atoms with Crippen LogP contribution in [0.4, 0.5) is 16.5 Å². The topological polar surface area (TPSA) is 102 Å². The molecule has 35 heavy (non-hydrogen) atoms. The van der Waals surface area contributed by atoms with E-state index in [1.807, 2.05) is 38.8 Å². The lowest BCUT2D eigenvalue weighted by Crippen LogP contribution is -2.54. The number of hydrogen-bond donors (Lipinski definition) is 1. The van der Waals surface area contributed by atoms with E-state index in [1.54, 1.807) is 10.9 Å². The second-order valence-electron chi connectivity index (χ2n) is 10.2. The first-order valence-electron chi connectivity index (χ1n) is 11.9. The van der Waals surface area contributed by atoms with Gasteiger partial charge in [0.25, 0.3) is 5.89 Å². The summed E-state index contributed by atoms with van der Waals surface area (Å²) in [6, 6.07) is 6.53. The minimum absolute atomic E-state index is 0.0742. The van der Waals surface area contributed by atoms with Gasteiger partial charge in [0.2, 0.25) is 0 Å². The van der Waals surface area contributed by atoms with Crippen molar-refractivity contribution in [2.45, 2.75) is 59.7 Å².